The normalized spacial score (nSPS) is 28.8. The molecule has 14 heavy (non-hydrogen) atoms. The number of carbonyl (C=O) groups excluding carboxylic acids is 1. The maximum atomic E-state index is 13.0. The first-order chi connectivity index (χ1) is 6.47. The molecule has 0 bridgehead atoms. The molecule has 1 aliphatic rings. The number of primary amides is 1. The summed E-state index contributed by atoms with van der Waals surface area (Å²) in [5.41, 5.74) is 5.10. The predicted molar refractivity (Wildman–Crippen MR) is 46.6 cm³/mol. The first-order valence-corrected chi connectivity index (χ1v) is 4.69. The number of hydrogen-bond donors (Lipinski definition) is 1. The van der Waals surface area contributed by atoms with Crippen molar-refractivity contribution in [2.24, 2.45) is 17.6 Å². The smallest absolute Gasteiger partial charge is 0.358 e. The van der Waals surface area contributed by atoms with Crippen molar-refractivity contribution in [1.82, 2.24) is 0 Å². The van der Waals surface area contributed by atoms with E-state index in [1.165, 1.54) is 0 Å². The molecule has 1 fully saturated rings. The summed E-state index contributed by atoms with van der Waals surface area (Å²) in [6, 6.07) is 0. The average molecular weight is 207 g/mol. The van der Waals surface area contributed by atoms with Crippen LogP contribution in [0.2, 0.25) is 0 Å². The molecule has 0 spiro atoms. The Morgan fingerprint density at radius 2 is 1.86 bits per heavy atom. The molecule has 2 N–H and O–H groups in total. The van der Waals surface area contributed by atoms with Crippen molar-refractivity contribution in [2.75, 3.05) is 7.11 Å². The number of nitrogens with two attached hydrogens (primary N) is 1. The topological polar surface area (TPSA) is 52.3 Å². The van der Waals surface area contributed by atoms with Gasteiger partial charge in [0.2, 0.25) is 5.91 Å². The van der Waals surface area contributed by atoms with E-state index >= 15 is 0 Å². The maximum absolute atomic E-state index is 13.0. The largest absolute Gasteiger partial charge is 0.369 e. The highest BCUT2D eigenvalue weighted by Crippen LogP contribution is 2.38. The molecule has 1 amide bonds. The van der Waals surface area contributed by atoms with Gasteiger partial charge in [-0.3, -0.25) is 4.79 Å². The molecule has 0 unspecified atom stereocenters. The molecule has 0 aromatic heterocycles. The van der Waals surface area contributed by atoms with Gasteiger partial charge in [0.25, 0.3) is 0 Å². The van der Waals surface area contributed by atoms with Gasteiger partial charge in [0, 0.05) is 13.0 Å². The number of rotatable bonds is 3. The van der Waals surface area contributed by atoms with Gasteiger partial charge in [0.15, 0.2) is 0 Å². The Hall–Kier alpha value is -0.710. The lowest BCUT2D eigenvalue weighted by Gasteiger charge is -2.31. The molecule has 1 aliphatic carbocycles. The highest BCUT2D eigenvalue weighted by molar-refractivity contribution is 5.76. The van der Waals surface area contributed by atoms with E-state index in [4.69, 9.17) is 5.73 Å². The third kappa shape index (κ3) is 2.41. The summed E-state index contributed by atoms with van der Waals surface area (Å²) in [5, 5.41) is 0. The third-order valence-electron chi connectivity index (χ3n) is 2.88. The Labute approximate surface area is 81.6 Å². The zero-order chi connectivity index (χ0) is 10.8. The number of ether oxygens (including phenoxy) is 1. The standard InChI is InChI=1S/C9H15F2NO2/c1-14-9(10,11)7-4-2-6(3-5-7)8(12)13/h6-7H,2-5H2,1H3,(H2,12,13). The van der Waals surface area contributed by atoms with Gasteiger partial charge in [0.1, 0.15) is 0 Å². The Balaban J connectivity index is 2.47. The second-order valence-corrected chi connectivity index (χ2v) is 3.72. The lowest BCUT2D eigenvalue weighted by atomic mass is 9.81. The Bertz CT molecular complexity index is 213. The van der Waals surface area contributed by atoms with Crippen molar-refractivity contribution in [2.45, 2.75) is 31.8 Å². The zero-order valence-electron chi connectivity index (χ0n) is 8.13. The summed E-state index contributed by atoms with van der Waals surface area (Å²) >= 11 is 0. The quantitative estimate of drug-likeness (QED) is 0.762. The molecule has 0 aromatic rings. The second-order valence-electron chi connectivity index (χ2n) is 3.72. The van der Waals surface area contributed by atoms with Crippen LogP contribution in [0, 0.1) is 11.8 Å². The van der Waals surface area contributed by atoms with Gasteiger partial charge in [-0.2, -0.15) is 8.78 Å². The van der Waals surface area contributed by atoms with Gasteiger partial charge in [0.05, 0.1) is 5.92 Å². The van der Waals surface area contributed by atoms with Crippen molar-refractivity contribution in [3.05, 3.63) is 0 Å². The number of amides is 1. The van der Waals surface area contributed by atoms with Crippen molar-refractivity contribution in [3.63, 3.8) is 0 Å². The highest BCUT2D eigenvalue weighted by atomic mass is 19.3. The van der Waals surface area contributed by atoms with Crippen LogP contribution in [0.1, 0.15) is 25.7 Å². The Morgan fingerprint density at radius 1 is 1.36 bits per heavy atom. The second kappa shape index (κ2) is 4.21. The van der Waals surface area contributed by atoms with E-state index in [0.29, 0.717) is 25.7 Å². The summed E-state index contributed by atoms with van der Waals surface area (Å²) in [7, 11) is 1.00. The van der Waals surface area contributed by atoms with Crippen LogP contribution in [0.25, 0.3) is 0 Å². The number of carbonyl (C=O) groups is 1. The lowest BCUT2D eigenvalue weighted by Crippen LogP contribution is -2.36. The molecule has 1 saturated carbocycles. The van der Waals surface area contributed by atoms with Crippen molar-refractivity contribution in [1.29, 1.82) is 0 Å². The minimum Gasteiger partial charge on any atom is -0.369 e. The van der Waals surface area contributed by atoms with Gasteiger partial charge >= 0.3 is 6.11 Å². The van der Waals surface area contributed by atoms with Crippen molar-refractivity contribution in [3.8, 4) is 0 Å². The fourth-order valence-corrected chi connectivity index (χ4v) is 1.88. The fraction of sp³-hybridized carbons (Fsp3) is 0.889. The van der Waals surface area contributed by atoms with Crippen molar-refractivity contribution >= 4 is 5.91 Å². The molecule has 0 aromatic carbocycles. The molecule has 0 atom stereocenters. The molecule has 1 rings (SSSR count). The van der Waals surface area contributed by atoms with Crippen LogP contribution in [0.4, 0.5) is 8.78 Å². The van der Waals surface area contributed by atoms with Gasteiger partial charge in [-0.15, -0.1) is 0 Å². The summed E-state index contributed by atoms with van der Waals surface area (Å²) in [4.78, 5) is 10.8. The van der Waals surface area contributed by atoms with Crippen LogP contribution in [-0.4, -0.2) is 19.1 Å². The summed E-state index contributed by atoms with van der Waals surface area (Å²) < 4.78 is 30.2. The van der Waals surface area contributed by atoms with E-state index in [-0.39, 0.29) is 11.8 Å². The molecule has 82 valence electrons. The monoisotopic (exact) mass is 207 g/mol. The summed E-state index contributed by atoms with van der Waals surface area (Å²) in [6.45, 7) is 0. The SMILES string of the molecule is COC(F)(F)C1CCC(C(N)=O)CC1. The fourth-order valence-electron chi connectivity index (χ4n) is 1.88. The first kappa shape index (κ1) is 11.4. The van der Waals surface area contributed by atoms with Crippen molar-refractivity contribution < 1.29 is 18.3 Å². The number of alkyl halides is 2. The highest BCUT2D eigenvalue weighted by Gasteiger charge is 2.42. The minimum absolute atomic E-state index is 0.237. The van der Waals surface area contributed by atoms with Crippen LogP contribution >= 0.6 is 0 Å². The molecule has 3 nitrogen and oxygen atoms in total. The number of methoxy groups -OCH3 is 1. The van der Waals surface area contributed by atoms with Crippen LogP contribution in [0.3, 0.4) is 0 Å². The first-order valence-electron chi connectivity index (χ1n) is 4.69. The van der Waals surface area contributed by atoms with Crippen LogP contribution in [0.5, 0.6) is 0 Å². The average Bonchev–Trinajstić information content (AvgIpc) is 2.18. The maximum Gasteiger partial charge on any atom is 0.358 e. The van der Waals surface area contributed by atoms with Gasteiger partial charge < -0.3 is 10.5 Å². The number of hydrogen-bond acceptors (Lipinski definition) is 2. The molecule has 0 saturated heterocycles. The van der Waals surface area contributed by atoms with E-state index < -0.39 is 12.0 Å². The molecular formula is C9H15F2NO2. The Morgan fingerprint density at radius 3 is 2.21 bits per heavy atom. The molecular weight excluding hydrogens is 192 g/mol. The number of halogens is 2. The van der Waals surface area contributed by atoms with E-state index in [2.05, 4.69) is 4.74 Å². The predicted octanol–water partition coefficient (Wildman–Crippen LogP) is 1.52. The Kier molecular flexibility index (Phi) is 3.42. The summed E-state index contributed by atoms with van der Waals surface area (Å²) in [5.74, 6) is -1.40. The molecule has 0 heterocycles. The van der Waals surface area contributed by atoms with Gasteiger partial charge in [-0.25, -0.2) is 0 Å². The molecule has 0 radical (unpaired) electrons. The summed E-state index contributed by atoms with van der Waals surface area (Å²) in [6.07, 6.45) is -1.58. The van der Waals surface area contributed by atoms with E-state index in [1.807, 2.05) is 0 Å². The van der Waals surface area contributed by atoms with E-state index in [1.54, 1.807) is 0 Å². The van der Waals surface area contributed by atoms with Crippen LogP contribution in [-0.2, 0) is 9.53 Å². The molecule has 0 aliphatic heterocycles. The lowest BCUT2D eigenvalue weighted by molar-refractivity contribution is -0.262. The third-order valence-corrected chi connectivity index (χ3v) is 2.88. The van der Waals surface area contributed by atoms with E-state index in [9.17, 15) is 13.6 Å². The molecule has 5 heteroatoms. The van der Waals surface area contributed by atoms with Crippen LogP contribution < -0.4 is 5.73 Å². The van der Waals surface area contributed by atoms with Gasteiger partial charge in [-0.05, 0) is 25.7 Å². The zero-order valence-corrected chi connectivity index (χ0v) is 8.13. The minimum atomic E-state index is -3.07. The van der Waals surface area contributed by atoms with E-state index in [0.717, 1.165) is 7.11 Å². The van der Waals surface area contributed by atoms with Crippen LogP contribution in [0.15, 0.2) is 0 Å². The van der Waals surface area contributed by atoms with Gasteiger partial charge in [-0.1, -0.05) is 0 Å².